The molecule has 2 heterocycles. The van der Waals surface area contributed by atoms with Crippen molar-refractivity contribution in [2.45, 2.75) is 13.1 Å². The van der Waals surface area contributed by atoms with Gasteiger partial charge in [0.15, 0.2) is 0 Å². The lowest BCUT2D eigenvalue weighted by atomic mass is 10.1. The molecule has 0 fully saturated rings. The number of carbonyl (C=O) groups is 4. The molecule has 0 spiro atoms. The first kappa shape index (κ1) is 34.5. The number of nitrogens with two attached hydrogens (primary N) is 1. The minimum absolute atomic E-state index is 0. The maximum atomic E-state index is 11.7. The first-order valence-electron chi connectivity index (χ1n) is 11.4. The van der Waals surface area contributed by atoms with Gasteiger partial charge in [-0.1, -0.05) is 36.4 Å². The number of benzene rings is 2. The molecular weight excluding hydrogens is 595 g/mol. The van der Waals surface area contributed by atoms with E-state index in [0.717, 1.165) is 11.1 Å². The largest absolute Gasteiger partial charge is 0.465 e. The summed E-state index contributed by atoms with van der Waals surface area (Å²) in [5.41, 5.74) is 8.37. The van der Waals surface area contributed by atoms with Crippen LogP contribution in [0.3, 0.4) is 0 Å². The molecule has 40 heavy (non-hydrogen) atoms. The van der Waals surface area contributed by atoms with Crippen LogP contribution in [0.5, 0.6) is 0 Å². The first-order chi connectivity index (χ1) is 18.8. The van der Waals surface area contributed by atoms with Gasteiger partial charge in [0.2, 0.25) is 0 Å². The SMILES string of the molecule is COC(=O)c1ccc(CN)cc1.COC(=O)c1ccc(CNC(=O)c2cccs2)cc1.Cl.O=C(Cl)c1cccs1. The van der Waals surface area contributed by atoms with E-state index in [-0.39, 0.29) is 35.5 Å². The molecule has 0 aliphatic carbocycles. The van der Waals surface area contributed by atoms with Crippen molar-refractivity contribution in [1.82, 2.24) is 5.32 Å². The second-order valence-corrected chi connectivity index (χ2v) is 9.73. The highest BCUT2D eigenvalue weighted by Crippen LogP contribution is 2.11. The molecule has 8 nitrogen and oxygen atoms in total. The molecule has 4 aromatic rings. The van der Waals surface area contributed by atoms with E-state index in [1.165, 1.54) is 36.9 Å². The van der Waals surface area contributed by atoms with Crippen LogP contribution in [-0.2, 0) is 22.6 Å². The van der Waals surface area contributed by atoms with E-state index in [1.54, 1.807) is 54.6 Å². The van der Waals surface area contributed by atoms with E-state index in [0.29, 0.717) is 34.0 Å². The van der Waals surface area contributed by atoms with Gasteiger partial charge >= 0.3 is 11.9 Å². The Bertz CT molecular complexity index is 1330. The van der Waals surface area contributed by atoms with Gasteiger partial charge in [0.05, 0.1) is 35.1 Å². The summed E-state index contributed by atoms with van der Waals surface area (Å²) in [6.45, 7) is 0.916. The van der Waals surface area contributed by atoms with Gasteiger partial charge in [-0.05, 0) is 69.9 Å². The van der Waals surface area contributed by atoms with Crippen LogP contribution in [0.25, 0.3) is 0 Å². The van der Waals surface area contributed by atoms with Crippen molar-refractivity contribution in [2.24, 2.45) is 5.73 Å². The van der Waals surface area contributed by atoms with Gasteiger partial charge in [0.25, 0.3) is 11.1 Å². The van der Waals surface area contributed by atoms with E-state index in [1.807, 2.05) is 29.0 Å². The number of hydrogen-bond donors (Lipinski definition) is 2. The van der Waals surface area contributed by atoms with Crippen LogP contribution < -0.4 is 11.1 Å². The summed E-state index contributed by atoms with van der Waals surface area (Å²) < 4.78 is 9.16. The van der Waals surface area contributed by atoms with Crippen molar-refractivity contribution < 1.29 is 28.7 Å². The maximum absolute atomic E-state index is 11.7. The molecule has 0 saturated carbocycles. The molecule has 0 radical (unpaired) electrons. The fourth-order valence-electron chi connectivity index (χ4n) is 2.84. The number of amides is 1. The van der Waals surface area contributed by atoms with Gasteiger partial charge in [0, 0.05) is 13.1 Å². The van der Waals surface area contributed by atoms with Crippen molar-refractivity contribution in [2.75, 3.05) is 14.2 Å². The Labute approximate surface area is 251 Å². The summed E-state index contributed by atoms with van der Waals surface area (Å²) in [5.74, 6) is -0.778. The molecule has 2 aromatic heterocycles. The van der Waals surface area contributed by atoms with Crippen molar-refractivity contribution in [3.63, 3.8) is 0 Å². The molecule has 12 heteroatoms. The Morgan fingerprint density at radius 1 is 0.750 bits per heavy atom. The predicted molar refractivity (Wildman–Crippen MR) is 161 cm³/mol. The first-order valence-corrected chi connectivity index (χ1v) is 13.5. The summed E-state index contributed by atoms with van der Waals surface area (Å²) in [6, 6.07) is 21.1. The summed E-state index contributed by atoms with van der Waals surface area (Å²) in [5, 5.41) is 6.12. The highest BCUT2D eigenvalue weighted by atomic mass is 35.5. The van der Waals surface area contributed by atoms with E-state index in [4.69, 9.17) is 17.3 Å². The van der Waals surface area contributed by atoms with Crippen LogP contribution in [0.1, 0.15) is 51.2 Å². The zero-order valence-electron chi connectivity index (χ0n) is 21.6. The Morgan fingerprint density at radius 3 is 1.55 bits per heavy atom. The molecule has 1 amide bonds. The third kappa shape index (κ3) is 11.7. The second-order valence-electron chi connectivity index (χ2n) is 7.49. The Balaban J connectivity index is 0.000000326. The molecule has 212 valence electrons. The second kappa shape index (κ2) is 18.7. The van der Waals surface area contributed by atoms with Gasteiger partial charge in [-0.2, -0.15) is 0 Å². The number of carbonyl (C=O) groups excluding carboxylic acids is 4. The molecular formula is C28H28Cl2N2O6S2. The number of nitrogens with one attached hydrogen (secondary N) is 1. The van der Waals surface area contributed by atoms with Crippen LogP contribution in [-0.4, -0.2) is 37.3 Å². The van der Waals surface area contributed by atoms with Gasteiger partial charge in [-0.15, -0.1) is 35.1 Å². The normalized spacial score (nSPS) is 9.40. The molecule has 0 atom stereocenters. The number of halogens is 2. The summed E-state index contributed by atoms with van der Waals surface area (Å²) >= 11 is 7.87. The lowest BCUT2D eigenvalue weighted by Crippen LogP contribution is -2.21. The molecule has 0 saturated heterocycles. The smallest absolute Gasteiger partial charge is 0.337 e. The van der Waals surface area contributed by atoms with Crippen LogP contribution in [0.15, 0.2) is 83.6 Å². The molecule has 0 unspecified atom stereocenters. The molecule has 0 aliphatic rings. The monoisotopic (exact) mass is 622 g/mol. The lowest BCUT2D eigenvalue weighted by molar-refractivity contribution is 0.0592. The number of rotatable bonds is 7. The van der Waals surface area contributed by atoms with Crippen molar-refractivity contribution in [3.8, 4) is 0 Å². The van der Waals surface area contributed by atoms with Gasteiger partial charge in [-0.3, -0.25) is 9.59 Å². The lowest BCUT2D eigenvalue weighted by Gasteiger charge is -2.05. The van der Waals surface area contributed by atoms with E-state index in [2.05, 4.69) is 14.8 Å². The van der Waals surface area contributed by atoms with Crippen LogP contribution in [0.2, 0.25) is 0 Å². The number of ether oxygens (including phenoxy) is 2. The topological polar surface area (TPSA) is 125 Å². The number of thiophene rings is 2. The van der Waals surface area contributed by atoms with Gasteiger partial charge in [-0.25, -0.2) is 9.59 Å². The molecule has 0 bridgehead atoms. The Hall–Kier alpha value is -3.54. The Morgan fingerprint density at radius 2 is 1.20 bits per heavy atom. The fraction of sp³-hybridized carbons (Fsp3) is 0.143. The molecule has 3 N–H and O–H groups in total. The fourth-order valence-corrected chi connectivity index (χ4v) is 4.23. The van der Waals surface area contributed by atoms with Crippen LogP contribution >= 0.6 is 46.7 Å². The number of methoxy groups -OCH3 is 2. The predicted octanol–water partition coefficient (Wildman–Crippen LogP) is 5.95. The van der Waals surface area contributed by atoms with E-state index >= 15 is 0 Å². The van der Waals surface area contributed by atoms with Gasteiger partial charge < -0.3 is 20.5 Å². The zero-order valence-corrected chi connectivity index (χ0v) is 24.8. The van der Waals surface area contributed by atoms with Crippen molar-refractivity contribution in [1.29, 1.82) is 0 Å². The third-order valence-corrected chi connectivity index (χ3v) is 6.95. The average Bonchev–Trinajstić information content (AvgIpc) is 3.72. The minimum atomic E-state index is -0.375. The third-order valence-electron chi connectivity index (χ3n) is 4.90. The Kier molecular flexibility index (Phi) is 16.1. The highest BCUT2D eigenvalue weighted by molar-refractivity contribution is 7.14. The van der Waals surface area contributed by atoms with E-state index in [9.17, 15) is 19.2 Å². The van der Waals surface area contributed by atoms with Crippen LogP contribution in [0.4, 0.5) is 0 Å². The highest BCUT2D eigenvalue weighted by Gasteiger charge is 2.07. The quantitative estimate of drug-likeness (QED) is 0.193. The average molecular weight is 624 g/mol. The maximum Gasteiger partial charge on any atom is 0.337 e. The van der Waals surface area contributed by atoms with Crippen LogP contribution in [0, 0.1) is 0 Å². The summed E-state index contributed by atoms with van der Waals surface area (Å²) in [4.78, 5) is 45.5. The van der Waals surface area contributed by atoms with E-state index < -0.39 is 0 Å². The summed E-state index contributed by atoms with van der Waals surface area (Å²) in [6.07, 6.45) is 0. The standard InChI is InChI=1S/C14H13NO3S.C9H11NO2.C5H3ClOS.ClH/c1-18-14(17)11-6-4-10(5-7-11)9-15-13(16)12-3-2-8-19-12;1-12-9(11)8-4-2-7(6-10)3-5-8;6-5(7)4-2-1-3-8-4;/h2-8H,9H2,1H3,(H,15,16);2-5H,6,10H2,1H3;1-3H;1H. The molecule has 0 aliphatic heterocycles. The minimum Gasteiger partial charge on any atom is -0.465 e. The number of esters is 2. The number of hydrogen-bond acceptors (Lipinski definition) is 9. The van der Waals surface area contributed by atoms with Gasteiger partial charge in [0.1, 0.15) is 0 Å². The van der Waals surface area contributed by atoms with Crippen molar-refractivity contribution in [3.05, 3.63) is 116 Å². The molecule has 4 rings (SSSR count). The van der Waals surface area contributed by atoms with Crippen molar-refractivity contribution >= 4 is 69.8 Å². The zero-order chi connectivity index (χ0) is 28.6. The molecule has 2 aromatic carbocycles. The summed E-state index contributed by atoms with van der Waals surface area (Å²) in [7, 11) is 2.71.